The minimum atomic E-state index is -1.10. The number of nitrogens with two attached hydrogens (primary N) is 1. The van der Waals surface area contributed by atoms with E-state index in [4.69, 9.17) is 5.73 Å². The van der Waals surface area contributed by atoms with Crippen LogP contribution in [0.4, 0.5) is 0 Å². The van der Waals surface area contributed by atoms with Crippen molar-refractivity contribution in [1.29, 1.82) is 0 Å². The number of hydrogen-bond donors (Lipinski definition) is 2. The molecule has 2 unspecified atom stereocenters. The molecule has 1 fully saturated rings. The second-order valence-electron chi connectivity index (χ2n) is 6.02. The zero-order chi connectivity index (χ0) is 13.4. The molecule has 98 valence electrons. The Balaban J connectivity index is 2.93. The van der Waals surface area contributed by atoms with Gasteiger partial charge in [0.05, 0.1) is 6.04 Å². The van der Waals surface area contributed by atoms with Gasteiger partial charge in [-0.3, -0.25) is 4.79 Å². The van der Waals surface area contributed by atoms with Gasteiger partial charge in [0.25, 0.3) is 0 Å². The lowest BCUT2D eigenvalue weighted by Crippen LogP contribution is -2.58. The number of rotatable bonds is 2. The Labute approximate surface area is 102 Å². The zero-order valence-electron chi connectivity index (χ0n) is 11.0. The van der Waals surface area contributed by atoms with Crippen molar-refractivity contribution in [3.63, 3.8) is 0 Å². The number of carbonyl (C=O) groups excluding carboxylic acids is 1. The first-order valence-electron chi connectivity index (χ1n) is 5.91. The van der Waals surface area contributed by atoms with Crippen LogP contribution in [0.5, 0.6) is 0 Å². The van der Waals surface area contributed by atoms with E-state index in [9.17, 15) is 14.7 Å². The van der Waals surface area contributed by atoms with Crippen molar-refractivity contribution in [2.45, 2.75) is 52.1 Å². The topological polar surface area (TPSA) is 83.6 Å². The van der Waals surface area contributed by atoms with Gasteiger partial charge >= 0.3 is 5.97 Å². The van der Waals surface area contributed by atoms with E-state index < -0.39 is 17.6 Å². The zero-order valence-corrected chi connectivity index (χ0v) is 11.0. The van der Waals surface area contributed by atoms with Crippen LogP contribution in [0.2, 0.25) is 0 Å². The third kappa shape index (κ3) is 2.44. The van der Waals surface area contributed by atoms with E-state index in [2.05, 4.69) is 0 Å². The largest absolute Gasteiger partial charge is 0.480 e. The standard InChI is InChI=1S/C12H22N2O3/c1-11(2,3)8(13)9(15)14-7-5-6-12(14,4)10(16)17/h8H,5-7,13H2,1-4H3,(H,16,17). The summed E-state index contributed by atoms with van der Waals surface area (Å²) in [6, 6.07) is -0.667. The van der Waals surface area contributed by atoms with Crippen LogP contribution in [0.3, 0.4) is 0 Å². The second-order valence-corrected chi connectivity index (χ2v) is 6.02. The molecule has 0 aromatic rings. The number of carboxylic acid groups (broad SMARTS) is 1. The lowest BCUT2D eigenvalue weighted by molar-refractivity contribution is -0.156. The molecule has 0 aliphatic carbocycles. The van der Waals surface area contributed by atoms with Gasteiger partial charge in [0, 0.05) is 6.54 Å². The van der Waals surface area contributed by atoms with E-state index in [1.807, 2.05) is 20.8 Å². The minimum Gasteiger partial charge on any atom is -0.480 e. The molecular formula is C12H22N2O3. The number of carbonyl (C=O) groups is 2. The van der Waals surface area contributed by atoms with E-state index in [-0.39, 0.29) is 11.3 Å². The summed E-state index contributed by atoms with van der Waals surface area (Å²) >= 11 is 0. The molecule has 0 aromatic heterocycles. The molecule has 1 rings (SSSR count). The smallest absolute Gasteiger partial charge is 0.329 e. The normalized spacial score (nSPS) is 27.0. The van der Waals surface area contributed by atoms with Gasteiger partial charge in [0.2, 0.25) is 5.91 Å². The second kappa shape index (κ2) is 4.29. The summed E-state index contributed by atoms with van der Waals surface area (Å²) in [5.41, 5.74) is 4.45. The molecule has 1 aliphatic heterocycles. The lowest BCUT2D eigenvalue weighted by Gasteiger charge is -2.36. The number of aliphatic carboxylic acids is 1. The van der Waals surface area contributed by atoms with E-state index in [0.29, 0.717) is 19.4 Å². The number of nitrogens with zero attached hydrogens (tertiary/aromatic N) is 1. The van der Waals surface area contributed by atoms with Crippen molar-refractivity contribution in [2.24, 2.45) is 11.1 Å². The third-order valence-electron chi connectivity index (χ3n) is 3.57. The van der Waals surface area contributed by atoms with E-state index >= 15 is 0 Å². The highest BCUT2D eigenvalue weighted by Crippen LogP contribution is 2.31. The molecule has 5 nitrogen and oxygen atoms in total. The Morgan fingerprint density at radius 2 is 1.94 bits per heavy atom. The first-order valence-corrected chi connectivity index (χ1v) is 5.91. The number of carboxylic acids is 1. The number of amides is 1. The quantitative estimate of drug-likeness (QED) is 0.751. The van der Waals surface area contributed by atoms with Crippen molar-refractivity contribution in [2.75, 3.05) is 6.54 Å². The summed E-state index contributed by atoms with van der Waals surface area (Å²) < 4.78 is 0. The fourth-order valence-corrected chi connectivity index (χ4v) is 2.08. The van der Waals surface area contributed by atoms with Crippen molar-refractivity contribution in [1.82, 2.24) is 4.90 Å². The Hall–Kier alpha value is -1.10. The molecule has 17 heavy (non-hydrogen) atoms. The molecule has 3 N–H and O–H groups in total. The van der Waals surface area contributed by atoms with Gasteiger partial charge in [-0.2, -0.15) is 0 Å². The molecule has 0 spiro atoms. The van der Waals surface area contributed by atoms with Crippen molar-refractivity contribution in [3.8, 4) is 0 Å². The average molecular weight is 242 g/mol. The van der Waals surface area contributed by atoms with E-state index in [1.54, 1.807) is 6.92 Å². The van der Waals surface area contributed by atoms with Gasteiger partial charge in [-0.15, -0.1) is 0 Å². The monoisotopic (exact) mass is 242 g/mol. The maximum absolute atomic E-state index is 12.2. The van der Waals surface area contributed by atoms with Crippen LogP contribution in [-0.4, -0.2) is 40.0 Å². The van der Waals surface area contributed by atoms with Crippen LogP contribution in [-0.2, 0) is 9.59 Å². The van der Waals surface area contributed by atoms with Gasteiger partial charge in [0.1, 0.15) is 5.54 Å². The lowest BCUT2D eigenvalue weighted by atomic mass is 9.85. The Kier molecular flexibility index (Phi) is 3.52. The first-order chi connectivity index (χ1) is 7.60. The molecule has 0 radical (unpaired) electrons. The fourth-order valence-electron chi connectivity index (χ4n) is 2.08. The molecule has 1 aliphatic rings. The summed E-state index contributed by atoms with van der Waals surface area (Å²) in [5, 5.41) is 9.24. The third-order valence-corrected chi connectivity index (χ3v) is 3.57. The molecule has 2 atom stereocenters. The predicted molar refractivity (Wildman–Crippen MR) is 64.4 cm³/mol. The molecule has 1 heterocycles. The van der Waals surface area contributed by atoms with Crippen molar-refractivity contribution in [3.05, 3.63) is 0 Å². The van der Waals surface area contributed by atoms with E-state index in [0.717, 1.165) is 0 Å². The summed E-state index contributed by atoms with van der Waals surface area (Å²) in [4.78, 5) is 24.9. The highest BCUT2D eigenvalue weighted by molar-refractivity contribution is 5.90. The molecule has 0 aromatic carbocycles. The fraction of sp³-hybridized carbons (Fsp3) is 0.833. The van der Waals surface area contributed by atoms with Gasteiger partial charge in [-0.25, -0.2) is 4.79 Å². The Morgan fingerprint density at radius 3 is 2.35 bits per heavy atom. The summed E-state index contributed by atoms with van der Waals surface area (Å²) in [6.07, 6.45) is 1.20. The molecule has 0 bridgehead atoms. The summed E-state index contributed by atoms with van der Waals surface area (Å²) in [6.45, 7) is 7.71. The summed E-state index contributed by atoms with van der Waals surface area (Å²) in [7, 11) is 0. The predicted octanol–water partition coefficient (Wildman–Crippen LogP) is 0.825. The maximum Gasteiger partial charge on any atom is 0.329 e. The van der Waals surface area contributed by atoms with Crippen LogP contribution < -0.4 is 5.73 Å². The molecule has 0 saturated carbocycles. The molecule has 1 saturated heterocycles. The first kappa shape index (κ1) is 14.0. The van der Waals surface area contributed by atoms with Crippen LogP contribution in [0.25, 0.3) is 0 Å². The minimum absolute atomic E-state index is 0.264. The highest BCUT2D eigenvalue weighted by atomic mass is 16.4. The van der Waals surface area contributed by atoms with Crippen LogP contribution in [0.1, 0.15) is 40.5 Å². The van der Waals surface area contributed by atoms with Gasteiger partial charge in [-0.1, -0.05) is 20.8 Å². The maximum atomic E-state index is 12.2. The Morgan fingerprint density at radius 1 is 1.41 bits per heavy atom. The van der Waals surface area contributed by atoms with Crippen LogP contribution in [0, 0.1) is 5.41 Å². The van der Waals surface area contributed by atoms with Gasteiger partial charge in [-0.05, 0) is 25.2 Å². The Bertz CT molecular complexity index is 335. The van der Waals surface area contributed by atoms with Crippen LogP contribution in [0.15, 0.2) is 0 Å². The number of likely N-dealkylation sites (tertiary alicyclic amines) is 1. The number of hydrogen-bond acceptors (Lipinski definition) is 3. The average Bonchev–Trinajstić information content (AvgIpc) is 2.58. The highest BCUT2D eigenvalue weighted by Gasteiger charge is 2.48. The molecule has 1 amide bonds. The van der Waals surface area contributed by atoms with Crippen molar-refractivity contribution < 1.29 is 14.7 Å². The van der Waals surface area contributed by atoms with E-state index in [1.165, 1.54) is 4.90 Å². The SMILES string of the molecule is CC(C)(C)C(N)C(=O)N1CCCC1(C)C(=O)O. The van der Waals surface area contributed by atoms with Gasteiger partial charge in [0.15, 0.2) is 0 Å². The van der Waals surface area contributed by atoms with Gasteiger partial charge < -0.3 is 15.7 Å². The molecule has 5 heteroatoms. The summed E-state index contributed by atoms with van der Waals surface area (Å²) in [5.74, 6) is -1.22. The molecular weight excluding hydrogens is 220 g/mol. The van der Waals surface area contributed by atoms with Crippen molar-refractivity contribution >= 4 is 11.9 Å². The van der Waals surface area contributed by atoms with Crippen LogP contribution >= 0.6 is 0 Å².